The van der Waals surface area contributed by atoms with E-state index in [4.69, 9.17) is 16.7 Å². The predicted molar refractivity (Wildman–Crippen MR) is 68.1 cm³/mol. The highest BCUT2D eigenvalue weighted by molar-refractivity contribution is 6.35. The van der Waals surface area contributed by atoms with Crippen LogP contribution in [-0.4, -0.2) is 26.8 Å². The monoisotopic (exact) mass is 276 g/mol. The molecule has 1 aliphatic carbocycles. The zero-order valence-electron chi connectivity index (χ0n) is 9.71. The van der Waals surface area contributed by atoms with Crippen molar-refractivity contribution < 1.29 is 14.7 Å². The topological polar surface area (TPSA) is 80.1 Å². The molecule has 1 heterocycles. The lowest BCUT2D eigenvalue weighted by atomic mass is 10.0. The average molecular weight is 277 g/mol. The third-order valence-corrected chi connectivity index (χ3v) is 3.62. The smallest absolute Gasteiger partial charge is 0.307 e. The molecule has 19 heavy (non-hydrogen) atoms. The van der Waals surface area contributed by atoms with Crippen LogP contribution in [0.5, 0.6) is 0 Å². The molecule has 6 heteroatoms. The number of rotatable bonds is 3. The summed E-state index contributed by atoms with van der Waals surface area (Å²) in [5.74, 6) is -2.11. The van der Waals surface area contributed by atoms with Gasteiger partial charge in [-0.3, -0.25) is 9.59 Å². The van der Waals surface area contributed by atoms with Crippen molar-refractivity contribution in [3.63, 3.8) is 0 Å². The van der Waals surface area contributed by atoms with Crippen LogP contribution in [0.3, 0.4) is 0 Å². The minimum Gasteiger partial charge on any atom is -0.481 e. The predicted octanol–water partition coefficient (Wildman–Crippen LogP) is 2.19. The molecule has 5 nitrogen and oxygen atoms in total. The Labute approximate surface area is 113 Å². The van der Waals surface area contributed by atoms with Gasteiger partial charge in [-0.2, -0.15) is 0 Å². The number of fused-ring (bicyclic) bond motifs is 1. The van der Waals surface area contributed by atoms with Crippen molar-refractivity contribution in [2.24, 2.45) is 11.8 Å². The molecule has 0 aliphatic heterocycles. The second-order valence-corrected chi connectivity index (χ2v) is 4.97. The van der Waals surface area contributed by atoms with E-state index in [2.05, 4.69) is 9.97 Å². The van der Waals surface area contributed by atoms with E-state index in [-0.39, 0.29) is 5.78 Å². The minimum absolute atomic E-state index is 0.185. The minimum atomic E-state index is -0.924. The van der Waals surface area contributed by atoms with Gasteiger partial charge in [0, 0.05) is 23.1 Å². The molecule has 1 aliphatic rings. The number of hydrogen-bond acceptors (Lipinski definition) is 4. The van der Waals surface area contributed by atoms with Crippen LogP contribution in [0.25, 0.3) is 10.9 Å². The summed E-state index contributed by atoms with van der Waals surface area (Å²) >= 11 is 6.08. The highest BCUT2D eigenvalue weighted by atomic mass is 35.5. The number of Topliss-reactive ketones (excluding diaryl/α,β-unsaturated/α-hetero) is 1. The van der Waals surface area contributed by atoms with Crippen molar-refractivity contribution >= 4 is 34.3 Å². The molecule has 1 fully saturated rings. The first kappa shape index (κ1) is 12.0. The van der Waals surface area contributed by atoms with E-state index in [1.54, 1.807) is 18.3 Å². The van der Waals surface area contributed by atoms with Crippen LogP contribution in [-0.2, 0) is 4.79 Å². The van der Waals surface area contributed by atoms with Crippen LogP contribution < -0.4 is 0 Å². The van der Waals surface area contributed by atoms with Gasteiger partial charge < -0.3 is 5.11 Å². The van der Waals surface area contributed by atoms with Gasteiger partial charge >= 0.3 is 5.97 Å². The van der Waals surface area contributed by atoms with E-state index in [0.29, 0.717) is 27.9 Å². The van der Waals surface area contributed by atoms with Crippen molar-refractivity contribution in [3.8, 4) is 0 Å². The summed E-state index contributed by atoms with van der Waals surface area (Å²) in [5, 5.41) is 9.92. The lowest BCUT2D eigenvalue weighted by molar-refractivity contribution is -0.138. The molecule has 3 rings (SSSR count). The quantitative estimate of drug-likeness (QED) is 0.869. The van der Waals surface area contributed by atoms with Crippen molar-refractivity contribution in [1.29, 1.82) is 0 Å². The first-order chi connectivity index (χ1) is 9.08. The van der Waals surface area contributed by atoms with E-state index in [0.717, 1.165) is 0 Å². The number of carbonyl (C=O) groups excluding carboxylic acids is 1. The number of aromatic nitrogens is 2. The zero-order chi connectivity index (χ0) is 13.6. The number of benzene rings is 1. The fraction of sp³-hybridized carbons (Fsp3) is 0.231. The molecular formula is C13H9ClN2O3. The molecule has 0 bridgehead atoms. The molecule has 1 aromatic carbocycles. The summed E-state index contributed by atoms with van der Waals surface area (Å²) < 4.78 is 0. The molecule has 0 spiro atoms. The van der Waals surface area contributed by atoms with E-state index in [1.165, 1.54) is 6.33 Å². The van der Waals surface area contributed by atoms with E-state index >= 15 is 0 Å². The Morgan fingerprint density at radius 3 is 2.79 bits per heavy atom. The Kier molecular flexibility index (Phi) is 2.71. The lowest BCUT2D eigenvalue weighted by Gasteiger charge is -2.04. The van der Waals surface area contributed by atoms with Gasteiger partial charge in [-0.05, 0) is 18.6 Å². The fourth-order valence-electron chi connectivity index (χ4n) is 2.16. The summed E-state index contributed by atoms with van der Waals surface area (Å²) in [6.45, 7) is 0. The molecule has 2 atom stereocenters. The number of ketones is 1. The summed E-state index contributed by atoms with van der Waals surface area (Å²) in [7, 11) is 0. The van der Waals surface area contributed by atoms with E-state index in [1.807, 2.05) is 0 Å². The summed E-state index contributed by atoms with van der Waals surface area (Å²) in [5.41, 5.74) is 0.989. The maximum Gasteiger partial charge on any atom is 0.307 e. The molecule has 0 radical (unpaired) electrons. The van der Waals surface area contributed by atoms with Crippen molar-refractivity contribution in [3.05, 3.63) is 35.2 Å². The van der Waals surface area contributed by atoms with Crippen LogP contribution in [0.1, 0.15) is 16.8 Å². The first-order valence-electron chi connectivity index (χ1n) is 5.74. The van der Waals surface area contributed by atoms with E-state index in [9.17, 15) is 9.59 Å². The Bertz CT molecular complexity index is 701. The number of carbonyl (C=O) groups is 2. The van der Waals surface area contributed by atoms with Gasteiger partial charge in [0.1, 0.15) is 6.33 Å². The Hall–Kier alpha value is -2.01. The largest absolute Gasteiger partial charge is 0.481 e. The SMILES string of the molecule is O=C(O)C1CC1C(=O)c1cc(Cl)c2cncnc2c1. The van der Waals surface area contributed by atoms with Crippen molar-refractivity contribution in [1.82, 2.24) is 9.97 Å². The first-order valence-corrected chi connectivity index (χ1v) is 6.12. The van der Waals surface area contributed by atoms with Gasteiger partial charge in [0.25, 0.3) is 0 Å². The number of hydrogen-bond donors (Lipinski definition) is 1. The normalized spacial score (nSPS) is 21.3. The Morgan fingerprint density at radius 1 is 1.32 bits per heavy atom. The van der Waals surface area contributed by atoms with Crippen LogP contribution in [0.2, 0.25) is 5.02 Å². The molecule has 0 saturated heterocycles. The highest BCUT2D eigenvalue weighted by Gasteiger charge is 2.48. The molecule has 2 unspecified atom stereocenters. The molecule has 0 amide bonds. The number of carboxylic acids is 1. The van der Waals surface area contributed by atoms with Crippen LogP contribution >= 0.6 is 11.6 Å². The average Bonchev–Trinajstić information content (AvgIpc) is 3.18. The molecular weight excluding hydrogens is 268 g/mol. The van der Waals surface area contributed by atoms with Gasteiger partial charge in [-0.1, -0.05) is 11.6 Å². The summed E-state index contributed by atoms with van der Waals surface area (Å²) in [4.78, 5) is 30.9. The van der Waals surface area contributed by atoms with Crippen molar-refractivity contribution in [2.45, 2.75) is 6.42 Å². The molecule has 1 aromatic heterocycles. The number of halogens is 1. The Balaban J connectivity index is 1.98. The number of nitrogens with zero attached hydrogens (tertiary/aromatic N) is 2. The third kappa shape index (κ3) is 2.06. The van der Waals surface area contributed by atoms with Gasteiger partial charge in [0.15, 0.2) is 5.78 Å². The second-order valence-electron chi connectivity index (χ2n) is 4.56. The van der Waals surface area contributed by atoms with Gasteiger partial charge in [-0.15, -0.1) is 0 Å². The standard InChI is InChI=1S/C13H9ClN2O3/c14-10-1-6(2-11-9(10)4-15-5-16-11)12(17)7-3-8(7)13(18)19/h1-2,4-5,7-8H,3H2,(H,18,19). The molecule has 96 valence electrons. The molecule has 2 aromatic rings. The highest BCUT2D eigenvalue weighted by Crippen LogP contribution is 2.41. The molecule has 1 saturated carbocycles. The lowest BCUT2D eigenvalue weighted by Crippen LogP contribution is -2.08. The van der Waals surface area contributed by atoms with Gasteiger partial charge in [0.2, 0.25) is 0 Å². The van der Waals surface area contributed by atoms with E-state index < -0.39 is 17.8 Å². The maximum absolute atomic E-state index is 12.2. The van der Waals surface area contributed by atoms with Gasteiger partial charge in [0.05, 0.1) is 16.5 Å². The van der Waals surface area contributed by atoms with Gasteiger partial charge in [-0.25, -0.2) is 9.97 Å². The second kappa shape index (κ2) is 4.28. The maximum atomic E-state index is 12.2. The van der Waals surface area contributed by atoms with Crippen LogP contribution in [0.4, 0.5) is 0 Å². The fourth-order valence-corrected chi connectivity index (χ4v) is 2.42. The van der Waals surface area contributed by atoms with Crippen molar-refractivity contribution in [2.75, 3.05) is 0 Å². The van der Waals surface area contributed by atoms with Crippen LogP contribution in [0.15, 0.2) is 24.7 Å². The number of aliphatic carboxylic acids is 1. The Morgan fingerprint density at radius 2 is 2.11 bits per heavy atom. The summed E-state index contributed by atoms with van der Waals surface area (Å²) in [6.07, 6.45) is 3.35. The third-order valence-electron chi connectivity index (χ3n) is 3.30. The number of carboxylic acid groups (broad SMARTS) is 1. The van der Waals surface area contributed by atoms with Crippen LogP contribution in [0, 0.1) is 11.8 Å². The summed E-state index contributed by atoms with van der Waals surface area (Å²) in [6, 6.07) is 3.18. The zero-order valence-corrected chi connectivity index (χ0v) is 10.5. The molecule has 1 N–H and O–H groups in total.